The van der Waals surface area contributed by atoms with Gasteiger partial charge in [0.05, 0.1) is 19.3 Å². The quantitative estimate of drug-likeness (QED) is 0.879. The van der Waals surface area contributed by atoms with Gasteiger partial charge in [-0.25, -0.2) is 4.98 Å². The van der Waals surface area contributed by atoms with Crippen molar-refractivity contribution in [1.82, 2.24) is 9.97 Å². The summed E-state index contributed by atoms with van der Waals surface area (Å²) in [5, 5.41) is 13.4. The highest BCUT2D eigenvalue weighted by atomic mass is 16.5. The van der Waals surface area contributed by atoms with Crippen LogP contribution in [0.2, 0.25) is 0 Å². The van der Waals surface area contributed by atoms with Crippen LogP contribution in [-0.4, -0.2) is 41.4 Å². The van der Waals surface area contributed by atoms with Crippen LogP contribution in [0, 0.1) is 0 Å². The van der Waals surface area contributed by atoms with Gasteiger partial charge in [0.25, 0.3) is 0 Å². The first-order valence-corrected chi connectivity index (χ1v) is 8.42. The van der Waals surface area contributed by atoms with Crippen LogP contribution in [0.25, 0.3) is 0 Å². The number of anilines is 2. The number of morpholine rings is 1. The molecule has 1 unspecified atom stereocenters. The molecule has 1 fully saturated rings. The van der Waals surface area contributed by atoms with Crippen molar-refractivity contribution in [2.75, 3.05) is 36.5 Å². The van der Waals surface area contributed by atoms with Crippen LogP contribution >= 0.6 is 0 Å². The number of benzene rings is 1. The number of ether oxygens (including phenoxy) is 1. The second-order valence-electron chi connectivity index (χ2n) is 5.92. The van der Waals surface area contributed by atoms with Crippen molar-refractivity contribution in [3.63, 3.8) is 0 Å². The Hall–Kier alpha value is -2.34. The van der Waals surface area contributed by atoms with Gasteiger partial charge in [0, 0.05) is 30.4 Å². The van der Waals surface area contributed by atoms with Crippen LogP contribution in [0.5, 0.6) is 5.75 Å². The number of rotatable bonds is 5. The summed E-state index contributed by atoms with van der Waals surface area (Å²) < 4.78 is 5.40. The Labute approximate surface area is 142 Å². The monoisotopic (exact) mass is 328 g/mol. The van der Waals surface area contributed by atoms with E-state index < -0.39 is 0 Å². The molecule has 6 nitrogen and oxygen atoms in total. The van der Waals surface area contributed by atoms with E-state index in [0.717, 1.165) is 42.5 Å². The van der Waals surface area contributed by atoms with Crippen molar-refractivity contribution in [2.24, 2.45) is 0 Å². The number of aromatic nitrogens is 2. The van der Waals surface area contributed by atoms with Gasteiger partial charge < -0.3 is 20.1 Å². The Balaban J connectivity index is 1.83. The maximum absolute atomic E-state index is 10.0. The van der Waals surface area contributed by atoms with Crippen molar-refractivity contribution in [3.8, 4) is 5.75 Å². The van der Waals surface area contributed by atoms with Gasteiger partial charge in [0.2, 0.25) is 5.95 Å². The molecule has 1 atom stereocenters. The topological polar surface area (TPSA) is 70.5 Å². The fourth-order valence-corrected chi connectivity index (χ4v) is 2.80. The zero-order valence-electron chi connectivity index (χ0n) is 14.2. The first-order chi connectivity index (χ1) is 11.7. The summed E-state index contributed by atoms with van der Waals surface area (Å²) in [6.45, 7) is 7.12. The predicted octanol–water partition coefficient (Wildman–Crippen LogP) is 2.75. The van der Waals surface area contributed by atoms with E-state index in [-0.39, 0.29) is 11.8 Å². The predicted molar refractivity (Wildman–Crippen MR) is 94.6 cm³/mol. The van der Waals surface area contributed by atoms with Gasteiger partial charge in [-0.15, -0.1) is 0 Å². The van der Waals surface area contributed by atoms with E-state index in [1.54, 1.807) is 6.07 Å². The maximum Gasteiger partial charge on any atom is 0.227 e. The van der Waals surface area contributed by atoms with E-state index in [1.165, 1.54) is 0 Å². The van der Waals surface area contributed by atoms with Gasteiger partial charge in [-0.2, -0.15) is 4.98 Å². The van der Waals surface area contributed by atoms with Crippen molar-refractivity contribution < 1.29 is 9.84 Å². The minimum atomic E-state index is -0.0525. The molecule has 0 spiro atoms. The molecule has 6 heteroatoms. The number of aryl methyl sites for hydroxylation is 1. The second-order valence-corrected chi connectivity index (χ2v) is 5.92. The molecule has 0 bridgehead atoms. The number of phenolic OH excluding ortho intramolecular Hbond substituents is 1. The SMILES string of the molecule is CCc1cc(NC(C)c2ccccc2O)nc(N2CCOCC2)n1. The molecule has 2 aromatic rings. The Morgan fingerprint density at radius 1 is 1.25 bits per heavy atom. The van der Waals surface area contributed by atoms with E-state index in [0.29, 0.717) is 13.2 Å². The number of hydrogen-bond donors (Lipinski definition) is 2. The molecule has 0 saturated carbocycles. The summed E-state index contributed by atoms with van der Waals surface area (Å²) >= 11 is 0. The largest absolute Gasteiger partial charge is 0.508 e. The highest BCUT2D eigenvalue weighted by molar-refractivity contribution is 5.47. The molecule has 0 amide bonds. The summed E-state index contributed by atoms with van der Waals surface area (Å²) in [7, 11) is 0. The van der Waals surface area contributed by atoms with Crippen LogP contribution < -0.4 is 10.2 Å². The molecule has 1 aliphatic heterocycles. The fraction of sp³-hybridized carbons (Fsp3) is 0.444. The summed E-state index contributed by atoms with van der Waals surface area (Å²) in [5.41, 5.74) is 1.85. The number of aromatic hydroxyl groups is 1. The zero-order valence-corrected chi connectivity index (χ0v) is 14.2. The molecule has 2 N–H and O–H groups in total. The van der Waals surface area contributed by atoms with Crippen LogP contribution in [0.1, 0.15) is 31.1 Å². The molecule has 1 aliphatic rings. The Morgan fingerprint density at radius 3 is 2.71 bits per heavy atom. The maximum atomic E-state index is 10.0. The summed E-state index contributed by atoms with van der Waals surface area (Å²) in [5.74, 6) is 1.81. The van der Waals surface area contributed by atoms with Gasteiger partial charge in [-0.3, -0.25) is 0 Å². The molecular formula is C18H24N4O2. The minimum Gasteiger partial charge on any atom is -0.508 e. The van der Waals surface area contributed by atoms with Crippen molar-refractivity contribution >= 4 is 11.8 Å². The third-order valence-electron chi connectivity index (χ3n) is 4.19. The van der Waals surface area contributed by atoms with Crippen LogP contribution in [-0.2, 0) is 11.2 Å². The van der Waals surface area contributed by atoms with Crippen LogP contribution in [0.3, 0.4) is 0 Å². The summed E-state index contributed by atoms with van der Waals surface area (Å²) in [4.78, 5) is 11.5. The number of para-hydroxylation sites is 1. The Bertz CT molecular complexity index is 686. The minimum absolute atomic E-state index is 0.0525. The van der Waals surface area contributed by atoms with E-state index in [1.807, 2.05) is 31.2 Å². The first-order valence-electron chi connectivity index (χ1n) is 8.42. The highest BCUT2D eigenvalue weighted by Crippen LogP contribution is 2.26. The number of hydrogen-bond acceptors (Lipinski definition) is 6. The third kappa shape index (κ3) is 3.76. The van der Waals surface area contributed by atoms with E-state index in [2.05, 4.69) is 27.1 Å². The van der Waals surface area contributed by atoms with Crippen LogP contribution in [0.15, 0.2) is 30.3 Å². The third-order valence-corrected chi connectivity index (χ3v) is 4.19. The van der Waals surface area contributed by atoms with E-state index in [9.17, 15) is 5.11 Å². The van der Waals surface area contributed by atoms with E-state index in [4.69, 9.17) is 4.74 Å². The summed E-state index contributed by atoms with van der Waals surface area (Å²) in [6.07, 6.45) is 0.847. The van der Waals surface area contributed by atoms with Gasteiger partial charge in [-0.05, 0) is 19.4 Å². The Kier molecular flexibility index (Phi) is 5.15. The molecule has 1 aromatic carbocycles. The lowest BCUT2D eigenvalue weighted by Crippen LogP contribution is -2.37. The number of phenols is 1. The van der Waals surface area contributed by atoms with Crippen LogP contribution in [0.4, 0.5) is 11.8 Å². The lowest BCUT2D eigenvalue weighted by atomic mass is 10.1. The molecule has 0 radical (unpaired) electrons. The second kappa shape index (κ2) is 7.49. The highest BCUT2D eigenvalue weighted by Gasteiger charge is 2.17. The Morgan fingerprint density at radius 2 is 2.00 bits per heavy atom. The molecule has 1 aromatic heterocycles. The fourth-order valence-electron chi connectivity index (χ4n) is 2.80. The van der Waals surface area contributed by atoms with Gasteiger partial charge >= 0.3 is 0 Å². The summed E-state index contributed by atoms with van der Waals surface area (Å²) in [6, 6.07) is 9.28. The van der Waals surface area contributed by atoms with Gasteiger partial charge in [0.15, 0.2) is 0 Å². The van der Waals surface area contributed by atoms with Crippen molar-refractivity contribution in [3.05, 3.63) is 41.6 Å². The van der Waals surface area contributed by atoms with E-state index >= 15 is 0 Å². The molecule has 0 aliphatic carbocycles. The first kappa shape index (κ1) is 16.5. The molecule has 1 saturated heterocycles. The lowest BCUT2D eigenvalue weighted by Gasteiger charge is -2.27. The zero-order chi connectivity index (χ0) is 16.9. The average Bonchev–Trinajstić information content (AvgIpc) is 2.62. The van der Waals surface area contributed by atoms with Crippen molar-refractivity contribution in [1.29, 1.82) is 0 Å². The normalized spacial score (nSPS) is 16.0. The molecule has 128 valence electrons. The molecule has 24 heavy (non-hydrogen) atoms. The number of nitrogens with zero attached hydrogens (tertiary/aromatic N) is 3. The molecular weight excluding hydrogens is 304 g/mol. The van der Waals surface area contributed by atoms with Crippen molar-refractivity contribution in [2.45, 2.75) is 26.3 Å². The number of nitrogens with one attached hydrogen (secondary N) is 1. The average molecular weight is 328 g/mol. The smallest absolute Gasteiger partial charge is 0.227 e. The van der Waals surface area contributed by atoms with Gasteiger partial charge in [0.1, 0.15) is 11.6 Å². The van der Waals surface area contributed by atoms with Gasteiger partial charge in [-0.1, -0.05) is 25.1 Å². The lowest BCUT2D eigenvalue weighted by molar-refractivity contribution is 0.122. The molecule has 3 rings (SSSR count). The molecule has 2 heterocycles. The standard InChI is InChI=1S/C18H24N4O2/c1-3-14-12-17(19-13(2)15-6-4-5-7-16(15)23)21-18(20-14)22-8-10-24-11-9-22/h4-7,12-13,23H,3,8-11H2,1-2H3,(H,19,20,21).